The molecule has 1 aliphatic carbocycles. The molecule has 0 saturated carbocycles. The summed E-state index contributed by atoms with van der Waals surface area (Å²) in [5, 5.41) is 2.54. The molecular weight excluding hydrogens is 194 g/mol. The molecule has 0 bridgehead atoms. The van der Waals surface area contributed by atoms with E-state index in [1.165, 1.54) is 12.0 Å². The fourth-order valence-electron chi connectivity index (χ4n) is 1.57. The summed E-state index contributed by atoms with van der Waals surface area (Å²) in [6.45, 7) is 2.43. The number of hydrogen-bond donors (Lipinski definition) is 1. The van der Waals surface area contributed by atoms with Gasteiger partial charge < -0.3 is 10.1 Å². The van der Waals surface area contributed by atoms with Crippen molar-refractivity contribution in [3.8, 4) is 0 Å². The van der Waals surface area contributed by atoms with Gasteiger partial charge in [-0.05, 0) is 32.6 Å². The number of carbonyl (C=O) groups is 2. The van der Waals surface area contributed by atoms with Gasteiger partial charge in [-0.15, -0.1) is 0 Å². The Bertz CT molecular complexity index is 271. The lowest BCUT2D eigenvalue weighted by molar-refractivity contribution is -0.154. The van der Waals surface area contributed by atoms with Crippen LogP contribution >= 0.6 is 0 Å². The van der Waals surface area contributed by atoms with Gasteiger partial charge in [-0.2, -0.15) is 0 Å². The number of hydrogen-bond acceptors (Lipinski definition) is 3. The Morgan fingerprint density at radius 3 is 2.93 bits per heavy atom. The van der Waals surface area contributed by atoms with Crippen LogP contribution in [-0.2, 0) is 14.3 Å². The highest BCUT2D eigenvalue weighted by Crippen LogP contribution is 2.19. The Kier molecular flexibility index (Phi) is 4.87. The number of rotatable bonds is 4. The molecule has 0 aromatic rings. The summed E-state index contributed by atoms with van der Waals surface area (Å²) in [5.41, 5.74) is 1.37. The zero-order valence-corrected chi connectivity index (χ0v) is 9.04. The lowest BCUT2D eigenvalue weighted by atomic mass is 10.2. The molecule has 15 heavy (non-hydrogen) atoms. The van der Waals surface area contributed by atoms with Gasteiger partial charge in [0.05, 0.1) is 6.61 Å². The average molecular weight is 211 g/mol. The lowest BCUT2D eigenvalue weighted by Gasteiger charge is -2.04. The quantitative estimate of drug-likeness (QED) is 0.431. The van der Waals surface area contributed by atoms with Crippen molar-refractivity contribution in [1.82, 2.24) is 5.32 Å². The second-order valence-corrected chi connectivity index (χ2v) is 3.48. The first-order valence-electron chi connectivity index (χ1n) is 5.37. The van der Waals surface area contributed by atoms with Crippen molar-refractivity contribution in [2.75, 3.05) is 13.2 Å². The summed E-state index contributed by atoms with van der Waals surface area (Å²) in [4.78, 5) is 22.0. The molecule has 0 aliphatic heterocycles. The molecule has 0 spiro atoms. The van der Waals surface area contributed by atoms with Gasteiger partial charge in [-0.25, -0.2) is 4.79 Å². The Hall–Kier alpha value is -1.32. The summed E-state index contributed by atoms with van der Waals surface area (Å²) in [7, 11) is 0. The average Bonchev–Trinajstić information content (AvgIpc) is 2.71. The molecule has 0 fully saturated rings. The van der Waals surface area contributed by atoms with Gasteiger partial charge in [0.25, 0.3) is 0 Å². The first kappa shape index (κ1) is 11.8. The van der Waals surface area contributed by atoms with Crippen LogP contribution in [0.3, 0.4) is 0 Å². The molecule has 1 amide bonds. The number of allylic oxidation sites excluding steroid dienone is 1. The van der Waals surface area contributed by atoms with Crippen molar-refractivity contribution in [3.05, 3.63) is 11.6 Å². The highest BCUT2D eigenvalue weighted by atomic mass is 16.5. The summed E-state index contributed by atoms with van der Waals surface area (Å²) in [6.07, 6.45) is 6.51. The molecule has 0 heterocycles. The highest BCUT2D eigenvalue weighted by molar-refractivity contribution is 6.32. The molecule has 1 aliphatic rings. The molecule has 0 atom stereocenters. The van der Waals surface area contributed by atoms with Crippen molar-refractivity contribution in [1.29, 1.82) is 0 Å². The maximum atomic E-state index is 11.1. The topological polar surface area (TPSA) is 55.4 Å². The number of ether oxygens (including phenoxy) is 1. The van der Waals surface area contributed by atoms with E-state index in [4.69, 9.17) is 0 Å². The summed E-state index contributed by atoms with van der Waals surface area (Å²) >= 11 is 0. The SMILES string of the molecule is CCOC(=O)C(=O)NCCC1=CCCC1. The van der Waals surface area contributed by atoms with Crippen molar-refractivity contribution in [2.45, 2.75) is 32.6 Å². The van der Waals surface area contributed by atoms with Gasteiger partial charge in [0.15, 0.2) is 0 Å². The molecule has 0 radical (unpaired) electrons. The van der Waals surface area contributed by atoms with Gasteiger partial charge in [0, 0.05) is 6.54 Å². The van der Waals surface area contributed by atoms with Gasteiger partial charge in [0.1, 0.15) is 0 Å². The zero-order valence-electron chi connectivity index (χ0n) is 9.04. The van der Waals surface area contributed by atoms with Gasteiger partial charge >= 0.3 is 11.9 Å². The van der Waals surface area contributed by atoms with Crippen molar-refractivity contribution < 1.29 is 14.3 Å². The fraction of sp³-hybridized carbons (Fsp3) is 0.636. The van der Waals surface area contributed by atoms with Crippen LogP contribution in [0.2, 0.25) is 0 Å². The van der Waals surface area contributed by atoms with Crippen molar-refractivity contribution >= 4 is 11.9 Å². The minimum atomic E-state index is -0.794. The highest BCUT2D eigenvalue weighted by Gasteiger charge is 2.13. The minimum Gasteiger partial charge on any atom is -0.459 e. The molecule has 1 N–H and O–H groups in total. The molecule has 4 heteroatoms. The number of nitrogens with one attached hydrogen (secondary N) is 1. The van der Waals surface area contributed by atoms with E-state index in [2.05, 4.69) is 16.1 Å². The van der Waals surface area contributed by atoms with E-state index in [9.17, 15) is 9.59 Å². The van der Waals surface area contributed by atoms with E-state index in [0.717, 1.165) is 19.3 Å². The smallest absolute Gasteiger partial charge is 0.396 e. The fourth-order valence-corrected chi connectivity index (χ4v) is 1.57. The summed E-state index contributed by atoms with van der Waals surface area (Å²) < 4.78 is 4.56. The third-order valence-corrected chi connectivity index (χ3v) is 2.33. The van der Waals surface area contributed by atoms with Crippen LogP contribution in [0.4, 0.5) is 0 Å². The number of carbonyl (C=O) groups excluding carboxylic acids is 2. The second kappa shape index (κ2) is 6.22. The Morgan fingerprint density at radius 1 is 1.53 bits per heavy atom. The largest absolute Gasteiger partial charge is 0.459 e. The molecule has 0 aromatic carbocycles. The standard InChI is InChI=1S/C11H17NO3/c1-2-15-11(14)10(13)12-8-7-9-5-3-4-6-9/h5H,2-4,6-8H2,1H3,(H,12,13). The van der Waals surface area contributed by atoms with Crippen LogP contribution < -0.4 is 5.32 Å². The van der Waals surface area contributed by atoms with E-state index in [0.29, 0.717) is 6.54 Å². The normalized spacial score (nSPS) is 14.6. The van der Waals surface area contributed by atoms with Crippen molar-refractivity contribution in [2.24, 2.45) is 0 Å². The van der Waals surface area contributed by atoms with Gasteiger partial charge in [-0.1, -0.05) is 11.6 Å². The van der Waals surface area contributed by atoms with Gasteiger partial charge in [0.2, 0.25) is 0 Å². The zero-order chi connectivity index (χ0) is 11.1. The molecule has 0 aromatic heterocycles. The van der Waals surface area contributed by atoms with E-state index < -0.39 is 11.9 Å². The van der Waals surface area contributed by atoms with Crippen LogP contribution in [-0.4, -0.2) is 25.0 Å². The Balaban J connectivity index is 2.13. The summed E-state index contributed by atoms with van der Waals surface area (Å²) in [6, 6.07) is 0. The van der Waals surface area contributed by atoms with E-state index in [1.54, 1.807) is 6.92 Å². The minimum absolute atomic E-state index is 0.234. The second-order valence-electron chi connectivity index (χ2n) is 3.48. The maximum Gasteiger partial charge on any atom is 0.396 e. The molecule has 0 unspecified atom stereocenters. The van der Waals surface area contributed by atoms with Crippen LogP contribution in [0.5, 0.6) is 0 Å². The molecule has 84 valence electrons. The molecule has 1 rings (SSSR count). The first-order valence-corrected chi connectivity index (χ1v) is 5.37. The Morgan fingerprint density at radius 2 is 2.33 bits per heavy atom. The molecular formula is C11H17NO3. The van der Waals surface area contributed by atoms with E-state index >= 15 is 0 Å². The van der Waals surface area contributed by atoms with Crippen LogP contribution in [0, 0.1) is 0 Å². The molecule has 4 nitrogen and oxygen atoms in total. The first-order chi connectivity index (χ1) is 7.24. The van der Waals surface area contributed by atoms with Crippen LogP contribution in [0.15, 0.2) is 11.6 Å². The lowest BCUT2D eigenvalue weighted by Crippen LogP contribution is -2.33. The predicted octanol–water partition coefficient (Wildman–Crippen LogP) is 1.17. The van der Waals surface area contributed by atoms with Crippen molar-refractivity contribution in [3.63, 3.8) is 0 Å². The molecule has 0 saturated heterocycles. The third kappa shape index (κ3) is 4.14. The number of amides is 1. The number of esters is 1. The summed E-state index contributed by atoms with van der Waals surface area (Å²) in [5.74, 6) is -1.44. The predicted molar refractivity (Wildman–Crippen MR) is 56.2 cm³/mol. The third-order valence-electron chi connectivity index (χ3n) is 2.33. The van der Waals surface area contributed by atoms with E-state index in [-0.39, 0.29) is 6.61 Å². The van der Waals surface area contributed by atoms with Crippen LogP contribution in [0.1, 0.15) is 32.6 Å². The monoisotopic (exact) mass is 211 g/mol. The van der Waals surface area contributed by atoms with Crippen LogP contribution in [0.25, 0.3) is 0 Å². The van der Waals surface area contributed by atoms with Gasteiger partial charge in [-0.3, -0.25) is 4.79 Å². The maximum absolute atomic E-state index is 11.1. The van der Waals surface area contributed by atoms with E-state index in [1.807, 2.05) is 0 Å². The Labute approximate surface area is 89.7 Å².